The lowest BCUT2D eigenvalue weighted by atomic mass is 10.0. The molecule has 2 heteroatoms. The van der Waals surface area contributed by atoms with Gasteiger partial charge in [-0.2, -0.15) is 0 Å². The van der Waals surface area contributed by atoms with E-state index in [0.717, 1.165) is 6.42 Å². The molecule has 0 saturated heterocycles. The first-order chi connectivity index (χ1) is 10.6. The molecule has 1 saturated carbocycles. The van der Waals surface area contributed by atoms with Crippen LogP contribution in [0.3, 0.4) is 0 Å². The normalized spacial score (nSPS) is 21.7. The average Bonchev–Trinajstić information content (AvgIpc) is 3.06. The van der Waals surface area contributed by atoms with Gasteiger partial charge in [-0.05, 0) is 18.9 Å². The van der Waals surface area contributed by atoms with E-state index in [-0.39, 0.29) is 5.92 Å². The maximum absolute atomic E-state index is 12.2. The number of hydrogen-bond donors (Lipinski definition) is 0. The summed E-state index contributed by atoms with van der Waals surface area (Å²) in [5.74, 6) is 0.630. The first-order valence-electron chi connectivity index (χ1n) is 8.25. The van der Waals surface area contributed by atoms with E-state index < -0.39 is 8.07 Å². The van der Waals surface area contributed by atoms with Crippen LogP contribution >= 0.6 is 0 Å². The number of benzene rings is 2. The van der Waals surface area contributed by atoms with Gasteiger partial charge in [-0.25, -0.2) is 0 Å². The first-order valence-corrected chi connectivity index (χ1v) is 10.8. The summed E-state index contributed by atoms with van der Waals surface area (Å²) in [5, 5.41) is 2.92. The van der Waals surface area contributed by atoms with Gasteiger partial charge in [0.15, 0.2) is 0 Å². The number of hydrogen-bond acceptors (Lipinski definition) is 1. The quantitative estimate of drug-likeness (QED) is 0.788. The maximum Gasteiger partial charge on any atom is 0.132 e. The number of carbonyl (C=O) groups excluding carboxylic acids is 1. The second-order valence-electron chi connectivity index (χ2n) is 6.69. The van der Waals surface area contributed by atoms with Crippen LogP contribution in [0.4, 0.5) is 0 Å². The molecule has 114 valence electrons. The highest BCUT2D eigenvalue weighted by atomic mass is 28.3. The molecule has 1 nitrogen and oxygen atoms in total. The molecular formula is C20H24OSi. The Morgan fingerprint density at radius 1 is 0.909 bits per heavy atom. The van der Waals surface area contributed by atoms with Crippen LogP contribution in [0.2, 0.25) is 12.1 Å². The molecule has 0 heterocycles. The van der Waals surface area contributed by atoms with Crippen molar-refractivity contribution in [1.29, 1.82) is 0 Å². The zero-order valence-electron chi connectivity index (χ0n) is 13.5. The highest BCUT2D eigenvalue weighted by Gasteiger charge is 2.47. The van der Waals surface area contributed by atoms with Crippen molar-refractivity contribution in [3.05, 3.63) is 60.7 Å². The van der Waals surface area contributed by atoms with E-state index in [1.165, 1.54) is 23.2 Å². The van der Waals surface area contributed by atoms with Gasteiger partial charge in [0.25, 0.3) is 0 Å². The van der Waals surface area contributed by atoms with E-state index >= 15 is 0 Å². The molecule has 0 bridgehead atoms. The zero-order valence-corrected chi connectivity index (χ0v) is 14.5. The largest absolute Gasteiger partial charge is 0.300 e. The van der Waals surface area contributed by atoms with Crippen molar-refractivity contribution in [2.24, 2.45) is 5.92 Å². The number of ketones is 1. The Morgan fingerprint density at radius 2 is 1.41 bits per heavy atom. The van der Waals surface area contributed by atoms with Crippen molar-refractivity contribution in [2.45, 2.75) is 38.3 Å². The topological polar surface area (TPSA) is 17.1 Å². The monoisotopic (exact) mass is 308 g/mol. The standard InChI is InChI=1S/C20H24OSi/c1-16(21)19-14-9-15-20(19)22(2,17-10-5-3-6-11-17)18-12-7-4-8-13-18/h3-8,10-13,19-20H,9,14-15H2,1-2H3/t19-,20-/m1/s1. The van der Waals surface area contributed by atoms with Crippen LogP contribution in [-0.2, 0) is 4.79 Å². The minimum Gasteiger partial charge on any atom is -0.300 e. The zero-order chi connectivity index (χ0) is 15.6. The Kier molecular flexibility index (Phi) is 4.30. The van der Waals surface area contributed by atoms with Gasteiger partial charge in [-0.1, -0.05) is 90.4 Å². The molecule has 1 aliphatic carbocycles. The fourth-order valence-corrected chi connectivity index (χ4v) is 9.25. The third-order valence-electron chi connectivity index (χ3n) is 5.53. The molecule has 0 radical (unpaired) electrons. The molecule has 2 atom stereocenters. The lowest BCUT2D eigenvalue weighted by molar-refractivity contribution is -0.120. The van der Waals surface area contributed by atoms with Crippen molar-refractivity contribution < 1.29 is 4.79 Å². The van der Waals surface area contributed by atoms with Crippen LogP contribution in [0.1, 0.15) is 26.2 Å². The molecule has 0 spiro atoms. The summed E-state index contributed by atoms with van der Waals surface area (Å²) in [6.07, 6.45) is 3.45. The van der Waals surface area contributed by atoms with E-state index in [2.05, 4.69) is 67.2 Å². The van der Waals surface area contributed by atoms with Gasteiger partial charge >= 0.3 is 0 Å². The average molecular weight is 308 g/mol. The second kappa shape index (κ2) is 6.21. The van der Waals surface area contributed by atoms with Crippen LogP contribution in [0.5, 0.6) is 0 Å². The van der Waals surface area contributed by atoms with Gasteiger partial charge in [0, 0.05) is 5.92 Å². The van der Waals surface area contributed by atoms with Gasteiger partial charge in [0.1, 0.15) is 13.9 Å². The summed E-state index contributed by atoms with van der Waals surface area (Å²) in [5.41, 5.74) is 0.523. The molecular weight excluding hydrogens is 284 g/mol. The van der Waals surface area contributed by atoms with E-state index in [1.807, 2.05) is 0 Å². The van der Waals surface area contributed by atoms with Crippen molar-refractivity contribution >= 4 is 24.2 Å². The fourth-order valence-electron chi connectivity index (χ4n) is 4.30. The summed E-state index contributed by atoms with van der Waals surface area (Å²) in [6.45, 7) is 4.25. The Morgan fingerprint density at radius 3 is 1.86 bits per heavy atom. The van der Waals surface area contributed by atoms with Gasteiger partial charge < -0.3 is 0 Å². The van der Waals surface area contributed by atoms with Gasteiger partial charge in [0.05, 0.1) is 0 Å². The van der Waals surface area contributed by atoms with E-state index in [1.54, 1.807) is 6.92 Å². The first kappa shape index (κ1) is 15.2. The lowest BCUT2D eigenvalue weighted by Crippen LogP contribution is -2.60. The molecule has 3 rings (SSSR count). The van der Waals surface area contributed by atoms with Crippen molar-refractivity contribution in [1.82, 2.24) is 0 Å². The molecule has 0 aromatic heterocycles. The van der Waals surface area contributed by atoms with Gasteiger partial charge in [-0.3, -0.25) is 4.79 Å². The summed E-state index contributed by atoms with van der Waals surface area (Å²) < 4.78 is 0. The second-order valence-corrected chi connectivity index (χ2v) is 11.0. The smallest absolute Gasteiger partial charge is 0.132 e. The van der Waals surface area contributed by atoms with Gasteiger partial charge in [-0.15, -0.1) is 0 Å². The Bertz CT molecular complexity index is 596. The molecule has 1 aliphatic rings. The van der Waals surface area contributed by atoms with Crippen molar-refractivity contribution in [3.63, 3.8) is 0 Å². The number of Topliss-reactive ketones (excluding diaryl/α,β-unsaturated/α-hetero) is 1. The Balaban J connectivity index is 2.14. The molecule has 2 aromatic rings. The molecule has 0 aliphatic heterocycles. The minimum atomic E-state index is -1.92. The van der Waals surface area contributed by atoms with Crippen molar-refractivity contribution in [3.8, 4) is 0 Å². The summed E-state index contributed by atoms with van der Waals surface area (Å²) >= 11 is 0. The van der Waals surface area contributed by atoms with Crippen LogP contribution in [-0.4, -0.2) is 13.9 Å². The third kappa shape index (κ3) is 2.56. The number of rotatable bonds is 4. The highest BCUT2D eigenvalue weighted by Crippen LogP contribution is 2.43. The Labute approximate surface area is 134 Å². The van der Waals surface area contributed by atoms with Crippen LogP contribution < -0.4 is 10.4 Å². The molecule has 1 fully saturated rings. The molecule has 0 N–H and O–H groups in total. The van der Waals surface area contributed by atoms with Crippen molar-refractivity contribution in [2.75, 3.05) is 0 Å². The lowest BCUT2D eigenvalue weighted by Gasteiger charge is -2.37. The molecule has 2 aromatic carbocycles. The van der Waals surface area contributed by atoms with Gasteiger partial charge in [0.2, 0.25) is 0 Å². The van der Waals surface area contributed by atoms with E-state index in [0.29, 0.717) is 11.3 Å². The van der Waals surface area contributed by atoms with Crippen LogP contribution in [0.15, 0.2) is 60.7 Å². The predicted molar refractivity (Wildman–Crippen MR) is 95.5 cm³/mol. The molecule has 22 heavy (non-hydrogen) atoms. The minimum absolute atomic E-state index is 0.247. The SMILES string of the molecule is CC(=O)[C@H]1CCC[C@H]1[Si](C)(c1ccccc1)c1ccccc1. The maximum atomic E-state index is 12.2. The van der Waals surface area contributed by atoms with Crippen LogP contribution in [0.25, 0.3) is 0 Å². The van der Waals surface area contributed by atoms with E-state index in [9.17, 15) is 4.79 Å². The summed E-state index contributed by atoms with van der Waals surface area (Å²) in [7, 11) is -1.92. The predicted octanol–water partition coefficient (Wildman–Crippen LogP) is 3.64. The fraction of sp³-hybridized carbons (Fsp3) is 0.350. The summed E-state index contributed by atoms with van der Waals surface area (Å²) in [6, 6.07) is 21.8. The highest BCUT2D eigenvalue weighted by molar-refractivity contribution is 7.02. The Hall–Kier alpha value is -1.67. The van der Waals surface area contributed by atoms with Crippen LogP contribution in [0, 0.1) is 5.92 Å². The molecule has 0 unspecified atom stereocenters. The number of carbonyl (C=O) groups is 1. The third-order valence-corrected chi connectivity index (χ3v) is 10.8. The summed E-state index contributed by atoms with van der Waals surface area (Å²) in [4.78, 5) is 12.2. The van der Waals surface area contributed by atoms with E-state index in [4.69, 9.17) is 0 Å². The molecule has 0 amide bonds.